The molecule has 1 aliphatic heterocycles. The predicted molar refractivity (Wildman–Crippen MR) is 59.2 cm³/mol. The number of nitrogens with two attached hydrogens (primary N) is 1. The van der Waals surface area contributed by atoms with Crippen molar-refractivity contribution in [2.24, 2.45) is 5.73 Å². The van der Waals surface area contributed by atoms with Gasteiger partial charge in [-0.15, -0.1) is 0 Å². The van der Waals surface area contributed by atoms with Crippen LogP contribution < -0.4 is 5.73 Å². The summed E-state index contributed by atoms with van der Waals surface area (Å²) in [7, 11) is 0. The molecule has 1 fully saturated rings. The van der Waals surface area contributed by atoms with Crippen molar-refractivity contribution in [2.75, 3.05) is 13.2 Å². The highest BCUT2D eigenvalue weighted by Crippen LogP contribution is 2.09. The zero-order valence-electron chi connectivity index (χ0n) is 8.78. The maximum Gasteiger partial charge on any atom is 0.0698 e. The van der Waals surface area contributed by atoms with Crippen molar-refractivity contribution < 1.29 is 4.74 Å². The Morgan fingerprint density at radius 2 is 2.07 bits per heavy atom. The molecular weight excluding hydrogens is 174 g/mol. The summed E-state index contributed by atoms with van der Waals surface area (Å²) < 4.78 is 5.18. The Morgan fingerprint density at radius 1 is 1.36 bits per heavy atom. The van der Waals surface area contributed by atoms with Gasteiger partial charge in [0.15, 0.2) is 0 Å². The maximum absolute atomic E-state index is 5.31. The first-order chi connectivity index (χ1) is 6.83. The van der Waals surface area contributed by atoms with Gasteiger partial charge in [0.2, 0.25) is 0 Å². The lowest BCUT2D eigenvalue weighted by Crippen LogP contribution is -2.17. The Labute approximate surface area is 86.1 Å². The lowest BCUT2D eigenvalue weighted by atomic mass is 10.2. The molecule has 2 N–H and O–H groups in total. The van der Waals surface area contributed by atoms with E-state index in [1.807, 2.05) is 18.2 Å². The van der Waals surface area contributed by atoms with Crippen molar-refractivity contribution in [3.8, 4) is 0 Å². The molecule has 1 unspecified atom stereocenters. The minimum Gasteiger partial charge on any atom is -0.377 e. The van der Waals surface area contributed by atoms with E-state index in [1.165, 1.54) is 12.0 Å². The van der Waals surface area contributed by atoms with Gasteiger partial charge in [-0.3, -0.25) is 0 Å². The predicted octanol–water partition coefficient (Wildman–Crippen LogP) is 2.12. The molecule has 2 nitrogen and oxygen atoms in total. The van der Waals surface area contributed by atoms with E-state index in [2.05, 4.69) is 19.1 Å². The van der Waals surface area contributed by atoms with Gasteiger partial charge in [0.05, 0.1) is 6.10 Å². The highest BCUT2D eigenvalue weighted by molar-refractivity contribution is 5.11. The number of ether oxygens (including phenoxy) is 1. The fourth-order valence-electron chi connectivity index (χ4n) is 1.36. The third-order valence-corrected chi connectivity index (χ3v) is 2.23. The second kappa shape index (κ2) is 6.57. The molecule has 0 aliphatic carbocycles. The van der Waals surface area contributed by atoms with Gasteiger partial charge in [-0.2, -0.15) is 0 Å². The fourth-order valence-corrected chi connectivity index (χ4v) is 1.36. The van der Waals surface area contributed by atoms with Crippen LogP contribution in [0.3, 0.4) is 0 Å². The van der Waals surface area contributed by atoms with Gasteiger partial charge >= 0.3 is 0 Å². The van der Waals surface area contributed by atoms with Crippen molar-refractivity contribution in [3.05, 3.63) is 35.9 Å². The Morgan fingerprint density at radius 3 is 2.36 bits per heavy atom. The molecule has 2 rings (SSSR count). The van der Waals surface area contributed by atoms with Crippen molar-refractivity contribution in [1.82, 2.24) is 0 Å². The third-order valence-electron chi connectivity index (χ3n) is 2.23. The van der Waals surface area contributed by atoms with Gasteiger partial charge in [0.1, 0.15) is 0 Å². The summed E-state index contributed by atoms with van der Waals surface area (Å²) in [5.74, 6) is 0. The van der Waals surface area contributed by atoms with Crippen LogP contribution in [-0.2, 0) is 4.74 Å². The Hall–Kier alpha value is -0.860. The molecule has 1 atom stereocenters. The van der Waals surface area contributed by atoms with Crippen LogP contribution in [-0.4, -0.2) is 19.3 Å². The standard InChI is InChI=1S/C7H8.C5H11NO/c1-7-5-3-2-4-6-7;6-4-5-2-1-3-7-5/h2-6H,1H3;5H,1-4,6H2. The quantitative estimate of drug-likeness (QED) is 0.741. The Kier molecular flexibility index (Phi) is 5.27. The molecule has 1 aromatic rings. The average molecular weight is 193 g/mol. The summed E-state index contributed by atoms with van der Waals surface area (Å²) in [4.78, 5) is 0. The van der Waals surface area contributed by atoms with Gasteiger partial charge in [-0.25, -0.2) is 0 Å². The van der Waals surface area contributed by atoms with Crippen molar-refractivity contribution in [1.29, 1.82) is 0 Å². The number of benzene rings is 1. The molecule has 0 radical (unpaired) electrons. The summed E-state index contributed by atoms with van der Waals surface area (Å²) in [5, 5.41) is 0. The topological polar surface area (TPSA) is 35.2 Å². The summed E-state index contributed by atoms with van der Waals surface area (Å²) in [5.41, 5.74) is 6.63. The molecular formula is C12H19NO. The maximum atomic E-state index is 5.31. The van der Waals surface area contributed by atoms with E-state index in [1.54, 1.807) is 0 Å². The first-order valence-corrected chi connectivity index (χ1v) is 5.16. The highest BCUT2D eigenvalue weighted by Gasteiger charge is 2.11. The van der Waals surface area contributed by atoms with Crippen LogP contribution in [0.5, 0.6) is 0 Å². The third kappa shape index (κ3) is 4.40. The normalized spacial score (nSPS) is 20.0. The van der Waals surface area contributed by atoms with Crippen LogP contribution in [0.2, 0.25) is 0 Å². The minimum atomic E-state index is 0.375. The van der Waals surface area contributed by atoms with Crippen LogP contribution in [0.1, 0.15) is 18.4 Å². The van der Waals surface area contributed by atoms with Crippen LogP contribution >= 0.6 is 0 Å². The van der Waals surface area contributed by atoms with Gasteiger partial charge in [-0.05, 0) is 19.8 Å². The second-order valence-corrected chi connectivity index (χ2v) is 3.53. The number of hydrogen-bond donors (Lipinski definition) is 1. The van der Waals surface area contributed by atoms with Gasteiger partial charge < -0.3 is 10.5 Å². The van der Waals surface area contributed by atoms with E-state index in [-0.39, 0.29) is 0 Å². The van der Waals surface area contributed by atoms with E-state index in [4.69, 9.17) is 10.5 Å². The van der Waals surface area contributed by atoms with Crippen LogP contribution in [0.4, 0.5) is 0 Å². The van der Waals surface area contributed by atoms with Gasteiger partial charge in [0.25, 0.3) is 0 Å². The van der Waals surface area contributed by atoms with Gasteiger partial charge in [0, 0.05) is 13.2 Å². The monoisotopic (exact) mass is 193 g/mol. The molecule has 1 saturated heterocycles. The van der Waals surface area contributed by atoms with E-state index in [0.29, 0.717) is 12.6 Å². The smallest absolute Gasteiger partial charge is 0.0698 e. The SMILES string of the molecule is Cc1ccccc1.NCC1CCCO1. The molecule has 2 heteroatoms. The van der Waals surface area contributed by atoms with E-state index in [0.717, 1.165) is 13.0 Å². The Balaban J connectivity index is 0.000000140. The van der Waals surface area contributed by atoms with Crippen LogP contribution in [0.25, 0.3) is 0 Å². The summed E-state index contributed by atoms with van der Waals surface area (Å²) in [6, 6.07) is 10.3. The second-order valence-electron chi connectivity index (χ2n) is 3.53. The molecule has 14 heavy (non-hydrogen) atoms. The number of aryl methyl sites for hydroxylation is 1. The molecule has 1 aliphatic rings. The van der Waals surface area contributed by atoms with Crippen molar-refractivity contribution in [3.63, 3.8) is 0 Å². The zero-order valence-corrected chi connectivity index (χ0v) is 8.78. The lowest BCUT2D eigenvalue weighted by Gasteiger charge is -2.01. The molecule has 78 valence electrons. The molecule has 0 saturated carbocycles. The van der Waals surface area contributed by atoms with Crippen molar-refractivity contribution in [2.45, 2.75) is 25.9 Å². The molecule has 0 aromatic heterocycles. The fraction of sp³-hybridized carbons (Fsp3) is 0.500. The molecule has 0 spiro atoms. The van der Waals surface area contributed by atoms with Crippen LogP contribution in [0.15, 0.2) is 30.3 Å². The van der Waals surface area contributed by atoms with E-state index < -0.39 is 0 Å². The largest absolute Gasteiger partial charge is 0.377 e. The molecule has 1 aromatic carbocycles. The minimum absolute atomic E-state index is 0.375. The first kappa shape index (κ1) is 11.2. The molecule has 0 amide bonds. The molecule has 0 bridgehead atoms. The number of hydrogen-bond acceptors (Lipinski definition) is 2. The zero-order chi connectivity index (χ0) is 10.2. The highest BCUT2D eigenvalue weighted by atomic mass is 16.5. The van der Waals surface area contributed by atoms with Crippen LogP contribution in [0, 0.1) is 6.92 Å². The van der Waals surface area contributed by atoms with E-state index in [9.17, 15) is 0 Å². The summed E-state index contributed by atoms with van der Waals surface area (Å²) >= 11 is 0. The number of rotatable bonds is 1. The lowest BCUT2D eigenvalue weighted by molar-refractivity contribution is 0.117. The molecule has 1 heterocycles. The average Bonchev–Trinajstić information content (AvgIpc) is 2.72. The Bertz CT molecular complexity index is 229. The van der Waals surface area contributed by atoms with Crippen molar-refractivity contribution >= 4 is 0 Å². The summed E-state index contributed by atoms with van der Waals surface area (Å²) in [6.45, 7) is 3.70. The van der Waals surface area contributed by atoms with Gasteiger partial charge in [-0.1, -0.05) is 35.9 Å². The van der Waals surface area contributed by atoms with E-state index >= 15 is 0 Å². The summed E-state index contributed by atoms with van der Waals surface area (Å²) in [6.07, 6.45) is 2.73. The first-order valence-electron chi connectivity index (χ1n) is 5.16.